The first kappa shape index (κ1) is 14.5. The van der Waals surface area contributed by atoms with E-state index in [1.165, 1.54) is 0 Å². The van der Waals surface area contributed by atoms with Crippen molar-refractivity contribution < 1.29 is 9.90 Å². The van der Waals surface area contributed by atoms with E-state index in [0.29, 0.717) is 13.0 Å². The fourth-order valence-corrected chi connectivity index (χ4v) is 2.81. The fourth-order valence-electron chi connectivity index (χ4n) is 2.81. The predicted molar refractivity (Wildman–Crippen MR) is 83.4 cm³/mol. The highest BCUT2D eigenvalue weighted by Gasteiger charge is 2.31. The third-order valence-electron chi connectivity index (χ3n) is 3.91. The molecule has 1 aliphatic rings. The smallest absolute Gasteiger partial charge is 0.315 e. The van der Waals surface area contributed by atoms with E-state index in [1.54, 1.807) is 12.4 Å². The quantitative estimate of drug-likeness (QED) is 0.802. The van der Waals surface area contributed by atoms with Crippen LogP contribution in [0.5, 0.6) is 0 Å². The molecule has 0 aliphatic heterocycles. The normalized spacial score (nSPS) is 19.5. The Morgan fingerprint density at radius 1 is 1.27 bits per heavy atom. The molecule has 2 atom stereocenters. The summed E-state index contributed by atoms with van der Waals surface area (Å²) in [4.78, 5) is 16.0. The number of aliphatic hydroxyl groups excluding tert-OH is 1. The molecule has 0 fully saturated rings. The maximum absolute atomic E-state index is 12.0. The van der Waals surface area contributed by atoms with Crippen LogP contribution in [0.4, 0.5) is 4.79 Å². The summed E-state index contributed by atoms with van der Waals surface area (Å²) in [6, 6.07) is 11.1. The zero-order chi connectivity index (χ0) is 15.4. The summed E-state index contributed by atoms with van der Waals surface area (Å²) in [7, 11) is 0. The van der Waals surface area contributed by atoms with E-state index in [-0.39, 0.29) is 12.1 Å². The highest BCUT2D eigenvalue weighted by Crippen LogP contribution is 2.30. The van der Waals surface area contributed by atoms with Gasteiger partial charge < -0.3 is 15.7 Å². The monoisotopic (exact) mass is 297 g/mol. The molecule has 0 saturated heterocycles. The average Bonchev–Trinajstić information content (AvgIpc) is 2.84. The van der Waals surface area contributed by atoms with E-state index < -0.39 is 6.10 Å². The van der Waals surface area contributed by atoms with E-state index >= 15 is 0 Å². The summed E-state index contributed by atoms with van der Waals surface area (Å²) in [6.07, 6.45) is 4.25. The summed E-state index contributed by atoms with van der Waals surface area (Å²) in [6.45, 7) is 0.530. The van der Waals surface area contributed by atoms with Crippen molar-refractivity contribution in [3.8, 4) is 0 Å². The largest absolute Gasteiger partial charge is 0.390 e. The minimum absolute atomic E-state index is 0.260. The van der Waals surface area contributed by atoms with Gasteiger partial charge in [-0.15, -0.1) is 0 Å². The number of hydrogen-bond donors (Lipinski definition) is 3. The molecule has 0 radical (unpaired) electrons. The van der Waals surface area contributed by atoms with Crippen LogP contribution in [-0.2, 0) is 12.8 Å². The minimum atomic E-state index is -0.568. The highest BCUT2D eigenvalue weighted by atomic mass is 16.3. The molecule has 3 rings (SSSR count). The summed E-state index contributed by atoms with van der Waals surface area (Å²) < 4.78 is 0. The average molecular weight is 297 g/mol. The zero-order valence-electron chi connectivity index (χ0n) is 12.2. The van der Waals surface area contributed by atoms with E-state index in [1.807, 2.05) is 36.4 Å². The number of hydrogen-bond acceptors (Lipinski definition) is 3. The molecule has 114 valence electrons. The van der Waals surface area contributed by atoms with Crippen LogP contribution in [0, 0.1) is 0 Å². The Hall–Kier alpha value is -2.40. The number of nitrogens with zero attached hydrogens (tertiary/aromatic N) is 1. The number of carbonyl (C=O) groups excluding carboxylic acids is 1. The molecule has 5 heteroatoms. The van der Waals surface area contributed by atoms with E-state index in [9.17, 15) is 9.90 Å². The van der Waals surface area contributed by atoms with Gasteiger partial charge in [-0.2, -0.15) is 0 Å². The van der Waals surface area contributed by atoms with Crippen LogP contribution in [0.1, 0.15) is 22.7 Å². The number of rotatable bonds is 4. The van der Waals surface area contributed by atoms with E-state index in [2.05, 4.69) is 15.6 Å². The molecule has 2 amide bonds. The SMILES string of the molecule is O=C(NCCc1cccnc1)NC1c2ccccc2CC1O. The number of urea groups is 1. The summed E-state index contributed by atoms with van der Waals surface area (Å²) in [5.41, 5.74) is 3.17. The van der Waals surface area contributed by atoms with Gasteiger partial charge in [-0.3, -0.25) is 4.98 Å². The molecule has 2 unspecified atom stereocenters. The van der Waals surface area contributed by atoms with Crippen LogP contribution in [0.2, 0.25) is 0 Å². The lowest BCUT2D eigenvalue weighted by Crippen LogP contribution is -2.41. The second-order valence-electron chi connectivity index (χ2n) is 5.46. The van der Waals surface area contributed by atoms with Gasteiger partial charge in [0.05, 0.1) is 12.1 Å². The number of aliphatic hydroxyl groups is 1. The lowest BCUT2D eigenvalue weighted by Gasteiger charge is -2.18. The maximum Gasteiger partial charge on any atom is 0.315 e. The fraction of sp³-hybridized carbons (Fsp3) is 0.294. The molecule has 22 heavy (non-hydrogen) atoms. The second-order valence-corrected chi connectivity index (χ2v) is 5.46. The lowest BCUT2D eigenvalue weighted by atomic mass is 10.1. The lowest BCUT2D eigenvalue weighted by molar-refractivity contribution is 0.142. The highest BCUT2D eigenvalue weighted by molar-refractivity contribution is 5.74. The number of amides is 2. The van der Waals surface area contributed by atoms with Gasteiger partial charge in [0.2, 0.25) is 0 Å². The summed E-state index contributed by atoms with van der Waals surface area (Å²) >= 11 is 0. The van der Waals surface area contributed by atoms with Gasteiger partial charge in [-0.25, -0.2) is 4.79 Å². The first-order valence-corrected chi connectivity index (χ1v) is 7.43. The van der Waals surface area contributed by atoms with Crippen LogP contribution in [0.15, 0.2) is 48.8 Å². The van der Waals surface area contributed by atoms with Crippen molar-refractivity contribution in [2.24, 2.45) is 0 Å². The first-order valence-electron chi connectivity index (χ1n) is 7.43. The van der Waals surface area contributed by atoms with Crippen molar-refractivity contribution in [1.29, 1.82) is 0 Å². The Labute approximate surface area is 129 Å². The van der Waals surface area contributed by atoms with Crippen molar-refractivity contribution in [3.05, 3.63) is 65.5 Å². The molecule has 5 nitrogen and oxygen atoms in total. The van der Waals surface area contributed by atoms with Gasteiger partial charge in [0, 0.05) is 25.4 Å². The summed E-state index contributed by atoms with van der Waals surface area (Å²) in [5, 5.41) is 15.8. The molecule has 2 aromatic rings. The third kappa shape index (κ3) is 3.26. The molecular formula is C17H19N3O2. The molecule has 1 heterocycles. The maximum atomic E-state index is 12.0. The molecule has 0 saturated carbocycles. The topological polar surface area (TPSA) is 74.2 Å². The van der Waals surface area contributed by atoms with Crippen molar-refractivity contribution in [3.63, 3.8) is 0 Å². The Bertz CT molecular complexity index is 645. The Morgan fingerprint density at radius 2 is 2.14 bits per heavy atom. The molecule has 3 N–H and O–H groups in total. The minimum Gasteiger partial charge on any atom is -0.390 e. The third-order valence-corrected chi connectivity index (χ3v) is 3.91. The number of carbonyl (C=O) groups is 1. The Kier molecular flexibility index (Phi) is 4.34. The standard InChI is InChI=1S/C17H19N3O2/c21-15-10-13-5-1-2-6-14(13)16(15)20-17(22)19-9-7-12-4-3-8-18-11-12/h1-6,8,11,15-16,21H,7,9-10H2,(H2,19,20,22). The van der Waals surface area contributed by atoms with Crippen LogP contribution < -0.4 is 10.6 Å². The number of benzene rings is 1. The van der Waals surface area contributed by atoms with Gasteiger partial charge in [0.15, 0.2) is 0 Å². The van der Waals surface area contributed by atoms with Crippen LogP contribution in [-0.4, -0.2) is 28.8 Å². The van der Waals surface area contributed by atoms with Crippen LogP contribution in [0.25, 0.3) is 0 Å². The van der Waals surface area contributed by atoms with Gasteiger partial charge in [-0.1, -0.05) is 30.3 Å². The van der Waals surface area contributed by atoms with Gasteiger partial charge in [0.1, 0.15) is 0 Å². The molecule has 1 aromatic heterocycles. The molecule has 1 aromatic carbocycles. The van der Waals surface area contributed by atoms with E-state index in [4.69, 9.17) is 0 Å². The molecular weight excluding hydrogens is 278 g/mol. The number of nitrogens with one attached hydrogen (secondary N) is 2. The number of aromatic nitrogens is 1. The van der Waals surface area contributed by atoms with Crippen molar-refractivity contribution in [2.75, 3.05) is 6.54 Å². The Morgan fingerprint density at radius 3 is 2.95 bits per heavy atom. The molecule has 0 spiro atoms. The predicted octanol–water partition coefficient (Wildman–Crippen LogP) is 1.58. The number of pyridine rings is 1. The van der Waals surface area contributed by atoms with Crippen molar-refractivity contribution in [1.82, 2.24) is 15.6 Å². The zero-order valence-corrected chi connectivity index (χ0v) is 12.2. The summed E-state index contributed by atoms with van der Waals surface area (Å²) in [5.74, 6) is 0. The number of fused-ring (bicyclic) bond motifs is 1. The van der Waals surface area contributed by atoms with Crippen LogP contribution in [0.3, 0.4) is 0 Å². The van der Waals surface area contributed by atoms with Crippen molar-refractivity contribution in [2.45, 2.75) is 25.0 Å². The van der Waals surface area contributed by atoms with Gasteiger partial charge in [-0.05, 0) is 29.2 Å². The first-order chi connectivity index (χ1) is 10.7. The van der Waals surface area contributed by atoms with Gasteiger partial charge >= 0.3 is 6.03 Å². The molecule has 0 bridgehead atoms. The Balaban J connectivity index is 1.52. The van der Waals surface area contributed by atoms with Crippen molar-refractivity contribution >= 4 is 6.03 Å². The second kappa shape index (κ2) is 6.58. The molecule has 1 aliphatic carbocycles. The van der Waals surface area contributed by atoms with E-state index in [0.717, 1.165) is 23.1 Å². The van der Waals surface area contributed by atoms with Crippen LogP contribution >= 0.6 is 0 Å². The van der Waals surface area contributed by atoms with Gasteiger partial charge in [0.25, 0.3) is 0 Å².